The zero-order valence-electron chi connectivity index (χ0n) is 7.11. The van der Waals surface area contributed by atoms with E-state index >= 15 is 0 Å². The Morgan fingerprint density at radius 3 is 2.77 bits per heavy atom. The molecule has 70 valence electrons. The molecule has 0 aliphatic heterocycles. The molecule has 0 unspecified atom stereocenters. The van der Waals surface area contributed by atoms with Crippen LogP contribution in [0.2, 0.25) is 5.02 Å². The molecule has 0 fully saturated rings. The molecular formula is C10H11ClOS. The number of hydrogen-bond acceptors (Lipinski definition) is 2. The summed E-state index contributed by atoms with van der Waals surface area (Å²) < 4.78 is 5.39. The van der Waals surface area contributed by atoms with Crippen molar-refractivity contribution in [2.24, 2.45) is 0 Å². The molecular weight excluding hydrogens is 204 g/mol. The van der Waals surface area contributed by atoms with Crippen LogP contribution in [-0.4, -0.2) is 12.4 Å². The second-order valence-electron chi connectivity index (χ2n) is 2.40. The lowest BCUT2D eigenvalue weighted by Crippen LogP contribution is -1.93. The van der Waals surface area contributed by atoms with Crippen LogP contribution in [0.4, 0.5) is 0 Å². The van der Waals surface area contributed by atoms with E-state index in [0.29, 0.717) is 17.4 Å². The van der Waals surface area contributed by atoms with E-state index in [4.69, 9.17) is 16.3 Å². The third-order valence-electron chi connectivity index (χ3n) is 1.44. The Morgan fingerprint density at radius 1 is 1.31 bits per heavy atom. The lowest BCUT2D eigenvalue weighted by Gasteiger charge is -2.03. The lowest BCUT2D eigenvalue weighted by atomic mass is 10.3. The van der Waals surface area contributed by atoms with Crippen LogP contribution in [0.1, 0.15) is 0 Å². The molecule has 0 saturated heterocycles. The number of halogens is 1. The number of ether oxygens (including phenoxy) is 1. The summed E-state index contributed by atoms with van der Waals surface area (Å²) in [5.74, 6) is 1.44. The van der Waals surface area contributed by atoms with Gasteiger partial charge in [0.15, 0.2) is 0 Å². The Morgan fingerprint density at radius 2 is 2.08 bits per heavy atom. The fraction of sp³-hybridized carbons (Fsp3) is 0.200. The van der Waals surface area contributed by atoms with Crippen LogP contribution in [0, 0.1) is 0 Å². The topological polar surface area (TPSA) is 9.23 Å². The number of benzene rings is 1. The van der Waals surface area contributed by atoms with Crippen LogP contribution < -0.4 is 4.74 Å². The van der Waals surface area contributed by atoms with Crippen molar-refractivity contribution >= 4 is 24.2 Å². The first-order valence-electron chi connectivity index (χ1n) is 3.98. The van der Waals surface area contributed by atoms with Crippen molar-refractivity contribution < 1.29 is 4.74 Å². The summed E-state index contributed by atoms with van der Waals surface area (Å²) in [4.78, 5) is 0. The first kappa shape index (κ1) is 10.5. The SMILES string of the molecule is SCC=CCOc1ccccc1Cl. The summed E-state index contributed by atoms with van der Waals surface area (Å²) in [6.45, 7) is 0.532. The van der Waals surface area contributed by atoms with Gasteiger partial charge < -0.3 is 4.74 Å². The van der Waals surface area contributed by atoms with Crippen molar-refractivity contribution in [2.45, 2.75) is 0 Å². The van der Waals surface area contributed by atoms with E-state index in [1.165, 1.54) is 0 Å². The van der Waals surface area contributed by atoms with E-state index in [9.17, 15) is 0 Å². The minimum absolute atomic E-state index is 0.532. The maximum Gasteiger partial charge on any atom is 0.138 e. The second-order valence-corrected chi connectivity index (χ2v) is 3.17. The molecule has 1 rings (SSSR count). The minimum Gasteiger partial charge on any atom is -0.488 e. The molecule has 0 heterocycles. The third-order valence-corrected chi connectivity index (χ3v) is 1.97. The fourth-order valence-electron chi connectivity index (χ4n) is 0.842. The van der Waals surface area contributed by atoms with Crippen molar-refractivity contribution in [1.82, 2.24) is 0 Å². The van der Waals surface area contributed by atoms with Crippen LogP contribution >= 0.6 is 24.2 Å². The van der Waals surface area contributed by atoms with Crippen molar-refractivity contribution in [3.8, 4) is 5.75 Å². The average molecular weight is 215 g/mol. The average Bonchev–Trinajstić information content (AvgIpc) is 2.15. The van der Waals surface area contributed by atoms with E-state index < -0.39 is 0 Å². The highest BCUT2D eigenvalue weighted by molar-refractivity contribution is 7.80. The zero-order valence-corrected chi connectivity index (χ0v) is 8.76. The Bertz CT molecular complexity index is 286. The van der Waals surface area contributed by atoms with Crippen LogP contribution in [-0.2, 0) is 0 Å². The van der Waals surface area contributed by atoms with Gasteiger partial charge in [0, 0.05) is 5.75 Å². The molecule has 0 amide bonds. The molecule has 0 radical (unpaired) electrons. The van der Waals surface area contributed by atoms with Crippen molar-refractivity contribution in [3.63, 3.8) is 0 Å². The molecule has 3 heteroatoms. The molecule has 0 aromatic heterocycles. The van der Waals surface area contributed by atoms with Gasteiger partial charge in [0.2, 0.25) is 0 Å². The van der Waals surface area contributed by atoms with Crippen molar-refractivity contribution in [1.29, 1.82) is 0 Å². The van der Waals surface area contributed by atoms with Crippen LogP contribution in [0.5, 0.6) is 5.75 Å². The third kappa shape index (κ3) is 3.75. The lowest BCUT2D eigenvalue weighted by molar-refractivity contribution is 0.363. The van der Waals surface area contributed by atoms with E-state index in [1.54, 1.807) is 6.07 Å². The van der Waals surface area contributed by atoms with E-state index in [2.05, 4.69) is 12.6 Å². The second kappa shape index (κ2) is 5.95. The molecule has 1 nitrogen and oxygen atoms in total. The minimum atomic E-state index is 0.532. The summed E-state index contributed by atoms with van der Waals surface area (Å²) in [6, 6.07) is 7.42. The van der Waals surface area contributed by atoms with Gasteiger partial charge in [-0.15, -0.1) is 0 Å². The summed E-state index contributed by atoms with van der Waals surface area (Å²) in [5, 5.41) is 0.641. The number of rotatable bonds is 4. The Kier molecular flexibility index (Phi) is 4.79. The predicted octanol–water partition coefficient (Wildman–Crippen LogP) is 3.20. The van der Waals surface area contributed by atoms with Crippen molar-refractivity contribution in [3.05, 3.63) is 41.4 Å². The molecule has 0 spiro atoms. The molecule has 0 aliphatic rings. The maximum atomic E-state index is 5.87. The quantitative estimate of drug-likeness (QED) is 0.598. The molecule has 0 atom stereocenters. The molecule has 1 aromatic carbocycles. The van der Waals surface area contributed by atoms with Crippen molar-refractivity contribution in [2.75, 3.05) is 12.4 Å². The van der Waals surface area contributed by atoms with Crippen LogP contribution in [0.25, 0.3) is 0 Å². The van der Waals surface area contributed by atoms with Gasteiger partial charge in [-0.2, -0.15) is 12.6 Å². The van der Waals surface area contributed by atoms with Gasteiger partial charge in [-0.1, -0.05) is 35.9 Å². The Balaban J connectivity index is 2.45. The highest BCUT2D eigenvalue weighted by Crippen LogP contribution is 2.22. The summed E-state index contributed by atoms with van der Waals surface area (Å²) in [5.41, 5.74) is 0. The standard InChI is InChI=1S/C10H11ClOS/c11-9-5-1-2-6-10(9)12-7-3-4-8-13/h1-6,13H,7-8H2. The predicted molar refractivity (Wildman–Crippen MR) is 59.9 cm³/mol. The normalized spacial score (nSPS) is 10.6. The highest BCUT2D eigenvalue weighted by atomic mass is 35.5. The van der Waals surface area contributed by atoms with E-state index in [1.807, 2.05) is 30.4 Å². The maximum absolute atomic E-state index is 5.87. The van der Waals surface area contributed by atoms with Crippen LogP contribution in [0.3, 0.4) is 0 Å². The Hall–Kier alpha value is -0.600. The highest BCUT2D eigenvalue weighted by Gasteiger charge is 1.96. The van der Waals surface area contributed by atoms with Gasteiger partial charge in [0.05, 0.1) is 5.02 Å². The smallest absolute Gasteiger partial charge is 0.138 e. The van der Waals surface area contributed by atoms with E-state index in [-0.39, 0.29) is 0 Å². The molecule has 13 heavy (non-hydrogen) atoms. The zero-order chi connectivity index (χ0) is 9.52. The fourth-order valence-corrected chi connectivity index (χ4v) is 1.18. The van der Waals surface area contributed by atoms with Gasteiger partial charge in [-0.05, 0) is 12.1 Å². The Labute approximate surface area is 88.8 Å². The first-order valence-corrected chi connectivity index (χ1v) is 4.99. The number of thiol groups is 1. The monoisotopic (exact) mass is 214 g/mol. The first-order chi connectivity index (χ1) is 6.34. The van der Waals surface area contributed by atoms with Gasteiger partial charge in [0.25, 0.3) is 0 Å². The molecule has 0 N–H and O–H groups in total. The van der Waals surface area contributed by atoms with Crippen LogP contribution in [0.15, 0.2) is 36.4 Å². The van der Waals surface area contributed by atoms with Gasteiger partial charge in [0.1, 0.15) is 12.4 Å². The van der Waals surface area contributed by atoms with E-state index in [0.717, 1.165) is 5.75 Å². The molecule has 0 bridgehead atoms. The van der Waals surface area contributed by atoms with Gasteiger partial charge in [-0.3, -0.25) is 0 Å². The molecule has 0 saturated carbocycles. The summed E-state index contributed by atoms with van der Waals surface area (Å²) >= 11 is 9.91. The summed E-state index contributed by atoms with van der Waals surface area (Å²) in [6.07, 6.45) is 3.84. The number of para-hydroxylation sites is 1. The van der Waals surface area contributed by atoms with Gasteiger partial charge >= 0.3 is 0 Å². The molecule has 0 aliphatic carbocycles. The molecule has 1 aromatic rings. The largest absolute Gasteiger partial charge is 0.488 e. The van der Waals surface area contributed by atoms with Gasteiger partial charge in [-0.25, -0.2) is 0 Å². The number of hydrogen-bond donors (Lipinski definition) is 1. The summed E-state index contributed by atoms with van der Waals surface area (Å²) in [7, 11) is 0.